The Bertz CT molecular complexity index is 632. The SMILES string of the molecule is Cc1ccc(F)c(-c2[nH]c(C)nc(=S)c2C)c1. The van der Waals surface area contributed by atoms with Crippen LogP contribution in [0.1, 0.15) is 17.0 Å². The van der Waals surface area contributed by atoms with Gasteiger partial charge < -0.3 is 4.98 Å². The average Bonchev–Trinajstić information content (AvgIpc) is 2.27. The predicted octanol–water partition coefficient (Wildman–Crippen LogP) is 3.87. The van der Waals surface area contributed by atoms with Crippen molar-refractivity contribution in [3.8, 4) is 11.3 Å². The number of hydrogen-bond donors (Lipinski definition) is 1. The van der Waals surface area contributed by atoms with Gasteiger partial charge in [0.25, 0.3) is 0 Å². The Kier molecular flexibility index (Phi) is 3.07. The number of halogens is 1. The number of benzene rings is 1. The lowest BCUT2D eigenvalue weighted by Crippen LogP contribution is -1.98. The Morgan fingerprint density at radius 2 is 1.94 bits per heavy atom. The van der Waals surface area contributed by atoms with E-state index in [-0.39, 0.29) is 5.82 Å². The van der Waals surface area contributed by atoms with E-state index in [0.717, 1.165) is 11.1 Å². The molecule has 0 saturated heterocycles. The summed E-state index contributed by atoms with van der Waals surface area (Å²) in [5.41, 5.74) is 3.06. The second-order valence-corrected chi connectivity index (χ2v) is 4.50. The number of nitrogens with one attached hydrogen (secondary N) is 1. The minimum atomic E-state index is -0.255. The van der Waals surface area contributed by atoms with Crippen molar-refractivity contribution in [3.05, 3.63) is 45.6 Å². The van der Waals surface area contributed by atoms with Crippen LogP contribution in [-0.4, -0.2) is 9.97 Å². The standard InChI is InChI=1S/C13H13FN2S/c1-7-4-5-11(14)10(6-7)12-8(2)13(17)16-9(3)15-12/h4-6H,1-3H3,(H,15,16,17). The van der Waals surface area contributed by atoms with Crippen molar-refractivity contribution in [2.45, 2.75) is 20.8 Å². The first kappa shape index (κ1) is 11.9. The average molecular weight is 248 g/mol. The van der Waals surface area contributed by atoms with Crippen LogP contribution in [0.2, 0.25) is 0 Å². The molecule has 2 rings (SSSR count). The van der Waals surface area contributed by atoms with Crippen molar-refractivity contribution in [2.24, 2.45) is 0 Å². The fourth-order valence-corrected chi connectivity index (χ4v) is 1.98. The van der Waals surface area contributed by atoms with Gasteiger partial charge in [0.2, 0.25) is 0 Å². The third-order valence-electron chi connectivity index (χ3n) is 2.66. The molecule has 0 fully saturated rings. The first-order chi connectivity index (χ1) is 7.99. The molecule has 17 heavy (non-hydrogen) atoms. The highest BCUT2D eigenvalue weighted by Crippen LogP contribution is 2.25. The van der Waals surface area contributed by atoms with Crippen LogP contribution in [0.4, 0.5) is 4.39 Å². The summed E-state index contributed by atoms with van der Waals surface area (Å²) in [6.45, 7) is 5.59. The highest BCUT2D eigenvalue weighted by Gasteiger charge is 2.10. The molecular weight excluding hydrogens is 235 g/mol. The summed E-state index contributed by atoms with van der Waals surface area (Å²) >= 11 is 5.15. The summed E-state index contributed by atoms with van der Waals surface area (Å²) in [4.78, 5) is 7.23. The third-order valence-corrected chi connectivity index (χ3v) is 3.06. The molecule has 4 heteroatoms. The van der Waals surface area contributed by atoms with Gasteiger partial charge in [-0.2, -0.15) is 0 Å². The molecule has 0 spiro atoms. The number of aromatic nitrogens is 2. The van der Waals surface area contributed by atoms with Crippen LogP contribution in [0.3, 0.4) is 0 Å². The van der Waals surface area contributed by atoms with E-state index in [4.69, 9.17) is 12.2 Å². The predicted molar refractivity (Wildman–Crippen MR) is 69.0 cm³/mol. The molecule has 1 aromatic heterocycles. The summed E-state index contributed by atoms with van der Waals surface area (Å²) in [6.07, 6.45) is 0. The molecule has 0 radical (unpaired) electrons. The van der Waals surface area contributed by atoms with Crippen molar-refractivity contribution in [1.29, 1.82) is 0 Å². The normalized spacial score (nSPS) is 10.6. The van der Waals surface area contributed by atoms with Gasteiger partial charge in [-0.25, -0.2) is 9.37 Å². The largest absolute Gasteiger partial charge is 0.343 e. The van der Waals surface area contributed by atoms with Crippen molar-refractivity contribution >= 4 is 12.2 Å². The van der Waals surface area contributed by atoms with Gasteiger partial charge in [0.05, 0.1) is 5.69 Å². The van der Waals surface area contributed by atoms with Crippen LogP contribution in [0.5, 0.6) is 0 Å². The van der Waals surface area contributed by atoms with Crippen molar-refractivity contribution in [1.82, 2.24) is 9.97 Å². The summed E-state index contributed by atoms with van der Waals surface area (Å²) in [5, 5.41) is 0. The number of rotatable bonds is 1. The Hall–Kier alpha value is -1.55. The van der Waals surface area contributed by atoms with Crippen LogP contribution in [0, 0.1) is 31.2 Å². The number of nitrogens with zero attached hydrogens (tertiary/aromatic N) is 1. The molecule has 1 N–H and O–H groups in total. The Morgan fingerprint density at radius 1 is 1.24 bits per heavy atom. The van der Waals surface area contributed by atoms with Gasteiger partial charge in [-0.1, -0.05) is 23.8 Å². The van der Waals surface area contributed by atoms with Crippen LogP contribution in [0.25, 0.3) is 11.3 Å². The van der Waals surface area contributed by atoms with Gasteiger partial charge in [0.1, 0.15) is 16.3 Å². The summed E-state index contributed by atoms with van der Waals surface area (Å²) in [5.74, 6) is 0.437. The zero-order chi connectivity index (χ0) is 12.6. The van der Waals surface area contributed by atoms with E-state index in [0.29, 0.717) is 21.7 Å². The highest BCUT2D eigenvalue weighted by atomic mass is 32.1. The molecule has 2 aromatic rings. The lowest BCUT2D eigenvalue weighted by atomic mass is 10.0. The lowest BCUT2D eigenvalue weighted by Gasteiger charge is -2.09. The zero-order valence-corrected chi connectivity index (χ0v) is 10.8. The second kappa shape index (κ2) is 4.37. The van der Waals surface area contributed by atoms with E-state index in [9.17, 15) is 4.39 Å². The maximum Gasteiger partial charge on any atom is 0.133 e. The van der Waals surface area contributed by atoms with Gasteiger partial charge in [-0.15, -0.1) is 0 Å². The van der Waals surface area contributed by atoms with Gasteiger partial charge in [-0.3, -0.25) is 0 Å². The van der Waals surface area contributed by atoms with Gasteiger partial charge in [0.15, 0.2) is 0 Å². The first-order valence-electron chi connectivity index (χ1n) is 5.33. The molecule has 0 aliphatic heterocycles. The number of aryl methyl sites for hydroxylation is 2. The third kappa shape index (κ3) is 2.26. The molecule has 88 valence electrons. The summed E-state index contributed by atoms with van der Waals surface area (Å²) < 4.78 is 14.3. The lowest BCUT2D eigenvalue weighted by molar-refractivity contribution is 0.630. The van der Waals surface area contributed by atoms with Crippen molar-refractivity contribution in [2.75, 3.05) is 0 Å². The molecular formula is C13H13FN2S. The Balaban J connectivity index is 2.76. The summed E-state index contributed by atoms with van der Waals surface area (Å²) in [7, 11) is 0. The number of aromatic amines is 1. The molecule has 1 heterocycles. The molecule has 1 aromatic carbocycles. The minimum Gasteiger partial charge on any atom is -0.343 e. The molecule has 0 aliphatic rings. The van der Waals surface area contributed by atoms with E-state index in [1.165, 1.54) is 6.07 Å². The quantitative estimate of drug-likeness (QED) is 0.776. The maximum absolute atomic E-state index is 13.8. The molecule has 0 amide bonds. The maximum atomic E-state index is 13.8. The van der Waals surface area contributed by atoms with Crippen LogP contribution < -0.4 is 0 Å². The number of H-pyrrole nitrogens is 1. The monoisotopic (exact) mass is 248 g/mol. The van der Waals surface area contributed by atoms with Gasteiger partial charge >= 0.3 is 0 Å². The van der Waals surface area contributed by atoms with E-state index in [1.54, 1.807) is 6.07 Å². The smallest absolute Gasteiger partial charge is 0.133 e. The Morgan fingerprint density at radius 3 is 2.65 bits per heavy atom. The fraction of sp³-hybridized carbons (Fsp3) is 0.231. The van der Waals surface area contributed by atoms with Gasteiger partial charge in [-0.05, 0) is 32.9 Å². The molecule has 0 atom stereocenters. The van der Waals surface area contributed by atoms with E-state index in [2.05, 4.69) is 9.97 Å². The second-order valence-electron chi connectivity index (χ2n) is 4.11. The van der Waals surface area contributed by atoms with E-state index >= 15 is 0 Å². The topological polar surface area (TPSA) is 28.7 Å². The van der Waals surface area contributed by atoms with Crippen molar-refractivity contribution in [3.63, 3.8) is 0 Å². The molecule has 0 bridgehead atoms. The van der Waals surface area contributed by atoms with Crippen LogP contribution >= 0.6 is 12.2 Å². The van der Waals surface area contributed by atoms with E-state index in [1.807, 2.05) is 26.8 Å². The van der Waals surface area contributed by atoms with Gasteiger partial charge in [0, 0.05) is 11.1 Å². The fourth-order valence-electron chi connectivity index (χ4n) is 1.75. The first-order valence-corrected chi connectivity index (χ1v) is 5.74. The van der Waals surface area contributed by atoms with E-state index < -0.39 is 0 Å². The van der Waals surface area contributed by atoms with Crippen LogP contribution in [0.15, 0.2) is 18.2 Å². The minimum absolute atomic E-state index is 0.255. The molecule has 0 aliphatic carbocycles. The molecule has 2 nitrogen and oxygen atoms in total. The zero-order valence-electron chi connectivity index (χ0n) is 9.97. The number of hydrogen-bond acceptors (Lipinski definition) is 2. The van der Waals surface area contributed by atoms with Crippen LogP contribution in [-0.2, 0) is 0 Å². The van der Waals surface area contributed by atoms with Crippen molar-refractivity contribution < 1.29 is 4.39 Å². The summed E-state index contributed by atoms with van der Waals surface area (Å²) in [6, 6.07) is 5.02. The molecule has 0 unspecified atom stereocenters. The highest BCUT2D eigenvalue weighted by molar-refractivity contribution is 7.71. The molecule has 0 saturated carbocycles. The Labute approximate surface area is 105 Å².